The molecular weight excluding hydrogens is 530 g/mol. The first-order chi connectivity index (χ1) is 19.1. The van der Waals surface area contributed by atoms with Gasteiger partial charge in [-0.15, -0.1) is 0 Å². The Bertz CT molecular complexity index is 1480. The van der Waals surface area contributed by atoms with Crippen LogP contribution in [0.5, 0.6) is 0 Å². The minimum atomic E-state index is -4.88. The van der Waals surface area contributed by atoms with Gasteiger partial charge in [-0.1, -0.05) is 0 Å². The summed E-state index contributed by atoms with van der Waals surface area (Å²) >= 11 is 0. The number of anilines is 1. The molecule has 2 aliphatic carbocycles. The van der Waals surface area contributed by atoms with Gasteiger partial charge in [-0.2, -0.15) is 18.2 Å². The van der Waals surface area contributed by atoms with Crippen LogP contribution >= 0.6 is 0 Å². The number of hydrogen-bond acceptors (Lipinski definition) is 6. The maximum atomic E-state index is 14.1. The van der Waals surface area contributed by atoms with Crippen LogP contribution < -0.4 is 10.6 Å². The van der Waals surface area contributed by atoms with Gasteiger partial charge in [-0.05, 0) is 43.5 Å². The Morgan fingerprint density at radius 1 is 1.05 bits per heavy atom. The van der Waals surface area contributed by atoms with Crippen LogP contribution in [0.1, 0.15) is 36.2 Å². The van der Waals surface area contributed by atoms with Gasteiger partial charge < -0.3 is 15.5 Å². The molecule has 210 valence electrons. The first kappa shape index (κ1) is 26.2. The molecule has 0 bridgehead atoms. The van der Waals surface area contributed by atoms with Gasteiger partial charge in [0.25, 0.3) is 0 Å². The summed E-state index contributed by atoms with van der Waals surface area (Å²) in [5.41, 5.74) is -0.106. The number of benzene rings is 1. The van der Waals surface area contributed by atoms with Gasteiger partial charge in [0.05, 0.1) is 11.3 Å². The molecule has 2 fully saturated rings. The fourth-order valence-corrected chi connectivity index (χ4v) is 5.51. The average molecular weight is 558 g/mol. The van der Waals surface area contributed by atoms with Crippen molar-refractivity contribution in [3.63, 3.8) is 0 Å². The number of nitrogens with one attached hydrogen (secondary N) is 2. The molecule has 6 rings (SSSR count). The van der Waals surface area contributed by atoms with Crippen molar-refractivity contribution in [2.24, 2.45) is 11.8 Å². The third-order valence-electron chi connectivity index (χ3n) is 7.71. The summed E-state index contributed by atoms with van der Waals surface area (Å²) in [6.07, 6.45) is -0.118. The summed E-state index contributed by atoms with van der Waals surface area (Å²) in [4.78, 5) is 40.2. The van der Waals surface area contributed by atoms with Gasteiger partial charge in [-0.25, -0.2) is 14.4 Å². The van der Waals surface area contributed by atoms with Crippen molar-refractivity contribution in [3.8, 4) is 17.2 Å². The zero-order chi connectivity index (χ0) is 28.2. The summed E-state index contributed by atoms with van der Waals surface area (Å²) in [5, 5.41) is 5.91. The molecule has 40 heavy (non-hydrogen) atoms. The largest absolute Gasteiger partial charge is 0.419 e. The van der Waals surface area contributed by atoms with Crippen molar-refractivity contribution in [2.75, 3.05) is 25.5 Å². The van der Waals surface area contributed by atoms with E-state index in [1.165, 1.54) is 12.3 Å². The van der Waals surface area contributed by atoms with E-state index in [4.69, 9.17) is 0 Å². The average Bonchev–Trinajstić information content (AvgIpc) is 3.37. The molecule has 3 aliphatic rings. The van der Waals surface area contributed by atoms with E-state index in [-0.39, 0.29) is 41.1 Å². The Morgan fingerprint density at radius 2 is 1.85 bits per heavy atom. The number of fused-ring (bicyclic) bond motifs is 1. The number of rotatable bonds is 6. The van der Waals surface area contributed by atoms with E-state index in [9.17, 15) is 27.2 Å². The highest BCUT2D eigenvalue weighted by atomic mass is 19.4. The van der Waals surface area contributed by atoms with Gasteiger partial charge in [0.15, 0.2) is 0 Å². The number of hydrogen-bond donors (Lipinski definition) is 2. The monoisotopic (exact) mass is 557 g/mol. The van der Waals surface area contributed by atoms with E-state index in [1.54, 1.807) is 17.7 Å². The summed E-state index contributed by atoms with van der Waals surface area (Å²) in [6.45, 7) is 1.19. The lowest BCUT2D eigenvalue weighted by atomic mass is 10.1. The highest BCUT2D eigenvalue weighted by Gasteiger charge is 2.38. The number of likely N-dealkylation sites (tertiary alicyclic amines) is 1. The van der Waals surface area contributed by atoms with Crippen LogP contribution in [0.3, 0.4) is 0 Å². The van der Waals surface area contributed by atoms with Crippen molar-refractivity contribution in [1.29, 1.82) is 0 Å². The zero-order valence-corrected chi connectivity index (χ0v) is 21.6. The second kappa shape index (κ2) is 9.86. The Hall–Kier alpha value is -4.03. The van der Waals surface area contributed by atoms with Crippen LogP contribution in [-0.2, 0) is 28.6 Å². The standard InChI is InChI=1S/C27H27F4N7O2/c1-32-24(39)16-11-20-21(12-16)38(23(35-20)15-4-5-19(28)18(10-15)27(29,30)31)22-6-8-33-26(36-22)34-17-7-9-37(13-17)25(40)14-2-3-14/h4-6,8,10,14,16-17H,2-3,7,9,11-13H2,1H3,(H,32,39)(H,33,34,36)/t16?,17-/m1/s1. The number of nitrogens with zero attached hydrogens (tertiary/aromatic N) is 5. The first-order valence-electron chi connectivity index (χ1n) is 13.2. The molecular formula is C27H27F4N7O2. The maximum absolute atomic E-state index is 14.1. The molecule has 0 radical (unpaired) electrons. The smallest absolute Gasteiger partial charge is 0.359 e. The normalized spacial score (nSPS) is 20.5. The summed E-state index contributed by atoms with van der Waals surface area (Å²) in [7, 11) is 1.54. The molecule has 13 heteroatoms. The van der Waals surface area contributed by atoms with Crippen molar-refractivity contribution < 1.29 is 27.2 Å². The Kier molecular flexibility index (Phi) is 6.46. The van der Waals surface area contributed by atoms with Crippen LogP contribution in [0, 0.1) is 17.7 Å². The molecule has 1 aliphatic heterocycles. The lowest BCUT2D eigenvalue weighted by Crippen LogP contribution is -2.32. The van der Waals surface area contributed by atoms with Crippen molar-refractivity contribution in [3.05, 3.63) is 53.2 Å². The van der Waals surface area contributed by atoms with E-state index in [2.05, 4.69) is 25.6 Å². The number of carbonyl (C=O) groups is 2. The Labute approximate surface area is 227 Å². The molecule has 2 N–H and O–H groups in total. The molecule has 9 nitrogen and oxygen atoms in total. The number of amides is 2. The van der Waals surface area contributed by atoms with Gasteiger partial charge in [0, 0.05) is 68.3 Å². The van der Waals surface area contributed by atoms with Crippen molar-refractivity contribution in [1.82, 2.24) is 29.7 Å². The van der Waals surface area contributed by atoms with Gasteiger partial charge >= 0.3 is 6.18 Å². The second-order valence-electron chi connectivity index (χ2n) is 10.5. The minimum Gasteiger partial charge on any atom is -0.359 e. The van der Waals surface area contributed by atoms with Gasteiger partial charge in [0.2, 0.25) is 17.8 Å². The maximum Gasteiger partial charge on any atom is 0.419 e. The fourth-order valence-electron chi connectivity index (χ4n) is 5.51. The van der Waals surface area contributed by atoms with Gasteiger partial charge in [0.1, 0.15) is 17.5 Å². The topological polar surface area (TPSA) is 105 Å². The van der Waals surface area contributed by atoms with Crippen LogP contribution in [-0.4, -0.2) is 62.4 Å². The molecule has 3 aromatic rings. The van der Waals surface area contributed by atoms with Crippen LogP contribution in [0.25, 0.3) is 17.2 Å². The SMILES string of the molecule is CNC(=O)C1Cc2nc(-c3ccc(F)c(C(F)(F)F)c3)n(-c3ccnc(N[C@@H]4CCN(C(=O)C5CC5)C4)n3)c2C1. The molecule has 2 aromatic heterocycles. The molecule has 1 aromatic carbocycles. The van der Waals surface area contributed by atoms with E-state index >= 15 is 0 Å². The van der Waals surface area contributed by atoms with Crippen LogP contribution in [0.4, 0.5) is 23.5 Å². The summed E-state index contributed by atoms with van der Waals surface area (Å²) in [5.74, 6) is -0.783. The molecule has 2 atom stereocenters. The van der Waals surface area contributed by atoms with Crippen LogP contribution in [0.2, 0.25) is 0 Å². The predicted molar refractivity (Wildman–Crippen MR) is 136 cm³/mol. The molecule has 1 unspecified atom stereocenters. The lowest BCUT2D eigenvalue weighted by molar-refractivity contribution is -0.140. The number of alkyl halides is 3. The first-order valence-corrected chi connectivity index (χ1v) is 13.2. The second-order valence-corrected chi connectivity index (χ2v) is 10.5. The third-order valence-corrected chi connectivity index (χ3v) is 7.71. The van der Waals surface area contributed by atoms with E-state index in [0.29, 0.717) is 49.1 Å². The van der Waals surface area contributed by atoms with Gasteiger partial charge in [-0.3, -0.25) is 14.2 Å². The molecule has 1 saturated heterocycles. The molecule has 0 spiro atoms. The highest BCUT2D eigenvalue weighted by molar-refractivity contribution is 5.81. The van der Waals surface area contributed by atoms with E-state index < -0.39 is 17.6 Å². The Morgan fingerprint density at radius 3 is 2.58 bits per heavy atom. The van der Waals surface area contributed by atoms with Crippen molar-refractivity contribution >= 4 is 17.8 Å². The number of imidazole rings is 1. The quantitative estimate of drug-likeness (QED) is 0.451. The lowest BCUT2D eigenvalue weighted by Gasteiger charge is -2.18. The van der Waals surface area contributed by atoms with Crippen molar-refractivity contribution in [2.45, 2.75) is 44.3 Å². The van der Waals surface area contributed by atoms with Crippen LogP contribution in [0.15, 0.2) is 30.5 Å². The fraction of sp³-hybridized carbons (Fsp3) is 0.444. The highest BCUT2D eigenvalue weighted by Crippen LogP contribution is 2.38. The molecule has 3 heterocycles. The predicted octanol–water partition coefficient (Wildman–Crippen LogP) is 3.37. The summed E-state index contributed by atoms with van der Waals surface area (Å²) in [6, 6.07) is 4.32. The molecule has 2 amide bonds. The van der Waals surface area contributed by atoms with E-state index in [0.717, 1.165) is 31.4 Å². The molecule has 1 saturated carbocycles. The van der Waals surface area contributed by atoms with E-state index in [1.807, 2.05) is 4.90 Å². The number of halogens is 4. The zero-order valence-electron chi connectivity index (χ0n) is 21.6. The third kappa shape index (κ3) is 4.88. The number of aromatic nitrogens is 4. The summed E-state index contributed by atoms with van der Waals surface area (Å²) < 4.78 is 56.2. The number of carbonyl (C=O) groups excluding carboxylic acids is 2. The Balaban J connectivity index is 1.35. The minimum absolute atomic E-state index is 0.0463.